The van der Waals surface area contributed by atoms with Gasteiger partial charge in [-0.15, -0.1) is 0 Å². The SMILES string of the molecule is CC1=C2CC(CC1)C2(C)C.CCCCCCCCCCCCCCCC(=O)O. The summed E-state index contributed by atoms with van der Waals surface area (Å²) in [5.74, 6) is 0.365. The molecule has 0 aromatic carbocycles. The Hall–Kier alpha value is -0.790. The van der Waals surface area contributed by atoms with Crippen molar-refractivity contribution in [2.24, 2.45) is 11.3 Å². The third kappa shape index (κ3) is 9.61. The van der Waals surface area contributed by atoms with Gasteiger partial charge >= 0.3 is 5.97 Å². The number of carboxylic acids is 1. The van der Waals surface area contributed by atoms with E-state index in [2.05, 4.69) is 27.7 Å². The van der Waals surface area contributed by atoms with E-state index in [1.165, 1.54) is 89.9 Å². The molecule has 3 aliphatic carbocycles. The molecule has 1 saturated carbocycles. The summed E-state index contributed by atoms with van der Waals surface area (Å²) in [6.45, 7) is 9.38. The van der Waals surface area contributed by atoms with Crippen LogP contribution in [0.4, 0.5) is 0 Å². The number of carboxylic acid groups (broad SMARTS) is 1. The molecule has 1 N–H and O–H groups in total. The van der Waals surface area contributed by atoms with Gasteiger partial charge in [-0.2, -0.15) is 0 Å². The van der Waals surface area contributed by atoms with Crippen LogP contribution in [0.15, 0.2) is 11.1 Å². The predicted octanol–water partition coefficient (Wildman–Crippen LogP) is 8.70. The van der Waals surface area contributed by atoms with Crippen LogP contribution in [-0.2, 0) is 4.79 Å². The number of unbranched alkanes of at least 4 members (excludes halogenated alkanes) is 12. The summed E-state index contributed by atoms with van der Waals surface area (Å²) in [5, 5.41) is 8.49. The molecule has 0 aromatic heterocycles. The van der Waals surface area contributed by atoms with E-state index in [4.69, 9.17) is 5.11 Å². The van der Waals surface area contributed by atoms with Gasteiger partial charge in [0.05, 0.1) is 0 Å². The number of fused-ring (bicyclic) bond motifs is 2. The van der Waals surface area contributed by atoms with Crippen LogP contribution >= 0.6 is 0 Å². The molecule has 0 saturated heterocycles. The van der Waals surface area contributed by atoms with Gasteiger partial charge in [-0.1, -0.05) is 109 Å². The number of carbonyl (C=O) groups is 1. The molecule has 3 aliphatic rings. The van der Waals surface area contributed by atoms with Gasteiger partial charge < -0.3 is 5.11 Å². The maximum Gasteiger partial charge on any atom is 0.303 e. The first-order chi connectivity index (χ1) is 13.4. The first-order valence-corrected chi connectivity index (χ1v) is 12.3. The van der Waals surface area contributed by atoms with Gasteiger partial charge in [0, 0.05) is 6.42 Å². The third-order valence-corrected chi connectivity index (χ3v) is 7.13. The number of rotatable bonds is 14. The van der Waals surface area contributed by atoms with Crippen molar-refractivity contribution in [3.8, 4) is 0 Å². The molecular formula is C26H48O2. The van der Waals surface area contributed by atoms with Gasteiger partial charge in [-0.3, -0.25) is 4.79 Å². The fourth-order valence-electron chi connectivity index (χ4n) is 4.90. The summed E-state index contributed by atoms with van der Waals surface area (Å²) in [4.78, 5) is 10.3. The standard InChI is InChI=1S/C16H32O2.C10H16/c1-2-3-4-5-6-7-8-9-10-11-12-13-14-15-16(17)18;1-7-4-5-8-6-9(7)10(8,2)3/h2-15H2,1H3,(H,17,18);8H,4-6H2,1-3H3. The Labute approximate surface area is 175 Å². The highest BCUT2D eigenvalue weighted by Gasteiger charge is 2.46. The zero-order valence-electron chi connectivity index (χ0n) is 19.5. The van der Waals surface area contributed by atoms with E-state index >= 15 is 0 Å². The van der Waals surface area contributed by atoms with Crippen LogP contribution < -0.4 is 0 Å². The molecule has 2 heteroatoms. The lowest BCUT2D eigenvalue weighted by molar-refractivity contribution is -0.137. The van der Waals surface area contributed by atoms with E-state index in [1.54, 1.807) is 11.1 Å². The largest absolute Gasteiger partial charge is 0.481 e. The van der Waals surface area contributed by atoms with Crippen molar-refractivity contribution in [1.29, 1.82) is 0 Å². The highest BCUT2D eigenvalue weighted by molar-refractivity contribution is 5.66. The van der Waals surface area contributed by atoms with Crippen LogP contribution in [0.3, 0.4) is 0 Å². The Bertz CT molecular complexity index is 461. The Morgan fingerprint density at radius 1 is 0.893 bits per heavy atom. The van der Waals surface area contributed by atoms with Crippen LogP contribution in [0.2, 0.25) is 0 Å². The van der Waals surface area contributed by atoms with Crippen molar-refractivity contribution in [1.82, 2.24) is 0 Å². The maximum atomic E-state index is 10.3. The molecule has 0 aliphatic heterocycles. The van der Waals surface area contributed by atoms with Crippen molar-refractivity contribution in [3.05, 3.63) is 11.1 Å². The van der Waals surface area contributed by atoms with Gasteiger partial charge in [-0.25, -0.2) is 0 Å². The molecular weight excluding hydrogens is 344 g/mol. The number of allylic oxidation sites excluding steroid dienone is 2. The van der Waals surface area contributed by atoms with E-state index < -0.39 is 5.97 Å². The van der Waals surface area contributed by atoms with E-state index in [1.807, 2.05) is 0 Å². The Balaban J connectivity index is 0.000000324. The average molecular weight is 393 g/mol. The molecule has 0 aromatic rings. The second kappa shape index (κ2) is 14.2. The molecule has 2 nitrogen and oxygen atoms in total. The summed E-state index contributed by atoms with van der Waals surface area (Å²) >= 11 is 0. The van der Waals surface area contributed by atoms with E-state index in [9.17, 15) is 4.79 Å². The fraction of sp³-hybridized carbons (Fsp3) is 0.885. The summed E-state index contributed by atoms with van der Waals surface area (Å²) < 4.78 is 0. The van der Waals surface area contributed by atoms with Crippen molar-refractivity contribution < 1.29 is 9.90 Å². The van der Waals surface area contributed by atoms with E-state index in [0.29, 0.717) is 11.8 Å². The molecule has 0 amide bonds. The minimum Gasteiger partial charge on any atom is -0.481 e. The summed E-state index contributed by atoms with van der Waals surface area (Å²) in [7, 11) is 0. The molecule has 1 fully saturated rings. The molecule has 0 heterocycles. The number of hydrogen-bond acceptors (Lipinski definition) is 1. The second-order valence-electron chi connectivity index (χ2n) is 9.81. The van der Waals surface area contributed by atoms with Gasteiger partial charge in [0.2, 0.25) is 0 Å². The van der Waals surface area contributed by atoms with Crippen molar-refractivity contribution in [2.75, 3.05) is 0 Å². The summed E-state index contributed by atoms with van der Waals surface area (Å²) in [6, 6.07) is 0. The van der Waals surface area contributed by atoms with Crippen LogP contribution in [0.1, 0.15) is 137 Å². The molecule has 1 unspecified atom stereocenters. The first-order valence-electron chi connectivity index (χ1n) is 12.3. The lowest BCUT2D eigenvalue weighted by Crippen LogP contribution is -2.41. The minimum absolute atomic E-state index is 0.345. The first kappa shape index (κ1) is 25.2. The minimum atomic E-state index is -0.655. The maximum absolute atomic E-state index is 10.3. The smallest absolute Gasteiger partial charge is 0.303 e. The number of hydrogen-bond donors (Lipinski definition) is 1. The lowest BCUT2D eigenvalue weighted by atomic mass is 9.52. The molecule has 2 bridgehead atoms. The Morgan fingerprint density at radius 2 is 1.36 bits per heavy atom. The monoisotopic (exact) mass is 392 g/mol. The second-order valence-corrected chi connectivity index (χ2v) is 9.81. The van der Waals surface area contributed by atoms with Crippen LogP contribution in [0.5, 0.6) is 0 Å². The molecule has 0 radical (unpaired) electrons. The van der Waals surface area contributed by atoms with E-state index in [0.717, 1.165) is 18.8 Å². The van der Waals surface area contributed by atoms with Crippen LogP contribution in [-0.4, -0.2) is 11.1 Å². The zero-order valence-corrected chi connectivity index (χ0v) is 19.5. The molecule has 28 heavy (non-hydrogen) atoms. The summed E-state index contributed by atoms with van der Waals surface area (Å²) in [5.41, 5.74) is 4.04. The highest BCUT2D eigenvalue weighted by atomic mass is 16.4. The van der Waals surface area contributed by atoms with Gasteiger partial charge in [0.25, 0.3) is 0 Å². The predicted molar refractivity (Wildman–Crippen MR) is 122 cm³/mol. The van der Waals surface area contributed by atoms with Crippen LogP contribution in [0, 0.1) is 11.3 Å². The highest BCUT2D eigenvalue weighted by Crippen LogP contribution is 2.58. The third-order valence-electron chi connectivity index (χ3n) is 7.13. The summed E-state index contributed by atoms with van der Waals surface area (Å²) in [6.07, 6.45) is 21.5. The molecule has 1 atom stereocenters. The van der Waals surface area contributed by atoms with Crippen molar-refractivity contribution in [2.45, 2.75) is 137 Å². The Morgan fingerprint density at radius 3 is 1.68 bits per heavy atom. The van der Waals surface area contributed by atoms with E-state index in [-0.39, 0.29) is 0 Å². The van der Waals surface area contributed by atoms with Gasteiger partial charge in [0.1, 0.15) is 0 Å². The fourth-order valence-corrected chi connectivity index (χ4v) is 4.90. The topological polar surface area (TPSA) is 37.3 Å². The number of aliphatic carboxylic acids is 1. The molecule has 3 rings (SSSR count). The van der Waals surface area contributed by atoms with Crippen molar-refractivity contribution >= 4 is 5.97 Å². The lowest BCUT2D eigenvalue weighted by Gasteiger charge is -2.52. The van der Waals surface area contributed by atoms with Crippen LogP contribution in [0.25, 0.3) is 0 Å². The Kier molecular flexibility index (Phi) is 12.8. The molecule has 0 spiro atoms. The quantitative estimate of drug-likeness (QED) is 0.237. The van der Waals surface area contributed by atoms with Crippen molar-refractivity contribution in [3.63, 3.8) is 0 Å². The average Bonchev–Trinajstić information content (AvgIpc) is 2.65. The van der Waals surface area contributed by atoms with Gasteiger partial charge in [0.15, 0.2) is 0 Å². The van der Waals surface area contributed by atoms with Gasteiger partial charge in [-0.05, 0) is 43.9 Å². The zero-order chi connectivity index (χ0) is 20.8. The normalized spacial score (nSPS) is 19.6. The molecule has 164 valence electrons.